The largest absolute Gasteiger partial charge is 0.325 e. The summed E-state index contributed by atoms with van der Waals surface area (Å²) >= 11 is 1.43. The third-order valence-electron chi connectivity index (χ3n) is 4.72. The second-order valence-electron chi connectivity index (χ2n) is 6.93. The van der Waals surface area contributed by atoms with Crippen molar-refractivity contribution in [2.45, 2.75) is 51.6 Å². The van der Waals surface area contributed by atoms with Crippen LogP contribution in [0.5, 0.6) is 0 Å². The minimum atomic E-state index is -0.292. The van der Waals surface area contributed by atoms with Gasteiger partial charge in [0, 0.05) is 17.8 Å². The number of carbonyl (C=O) groups is 1. The SMILES string of the molecule is CCn1c(SC(C)C(=O)Nc2cc(C)ccc2C)nnc1-c1ccccc1C. The molecule has 0 aliphatic rings. The smallest absolute Gasteiger partial charge is 0.237 e. The van der Waals surface area contributed by atoms with E-state index >= 15 is 0 Å². The Kier molecular flexibility index (Phi) is 6.19. The lowest BCUT2D eigenvalue weighted by Crippen LogP contribution is -2.23. The maximum absolute atomic E-state index is 12.7. The van der Waals surface area contributed by atoms with Gasteiger partial charge in [-0.25, -0.2) is 0 Å². The number of rotatable bonds is 6. The van der Waals surface area contributed by atoms with E-state index in [1.165, 1.54) is 11.8 Å². The molecular formula is C22H26N4OS. The molecule has 3 aromatic rings. The molecule has 3 rings (SSSR count). The minimum Gasteiger partial charge on any atom is -0.325 e. The van der Waals surface area contributed by atoms with Crippen LogP contribution in [0.3, 0.4) is 0 Å². The lowest BCUT2D eigenvalue weighted by Gasteiger charge is -2.14. The molecule has 1 aromatic heterocycles. The third kappa shape index (κ3) is 4.28. The van der Waals surface area contributed by atoms with E-state index in [0.29, 0.717) is 0 Å². The molecule has 28 heavy (non-hydrogen) atoms. The standard InChI is InChI=1S/C22H26N4OS/c1-6-26-20(18-10-8-7-9-15(18)3)24-25-22(26)28-17(5)21(27)23-19-13-14(2)11-12-16(19)4/h7-13,17H,6H2,1-5H3,(H,23,27). The molecule has 0 radical (unpaired) electrons. The van der Waals surface area contributed by atoms with Gasteiger partial charge in [-0.2, -0.15) is 0 Å². The maximum atomic E-state index is 12.7. The monoisotopic (exact) mass is 394 g/mol. The highest BCUT2D eigenvalue weighted by Crippen LogP contribution is 2.29. The molecule has 1 amide bonds. The summed E-state index contributed by atoms with van der Waals surface area (Å²) in [5, 5.41) is 12.3. The van der Waals surface area contributed by atoms with Crippen LogP contribution in [0, 0.1) is 20.8 Å². The Balaban J connectivity index is 1.79. The van der Waals surface area contributed by atoms with Gasteiger partial charge in [0.25, 0.3) is 0 Å². The summed E-state index contributed by atoms with van der Waals surface area (Å²) in [6, 6.07) is 14.2. The molecule has 0 saturated heterocycles. The molecule has 6 heteroatoms. The van der Waals surface area contributed by atoms with Gasteiger partial charge < -0.3 is 9.88 Å². The molecule has 1 unspecified atom stereocenters. The van der Waals surface area contributed by atoms with E-state index in [2.05, 4.69) is 46.1 Å². The molecule has 0 aliphatic carbocycles. The molecule has 1 atom stereocenters. The second-order valence-corrected chi connectivity index (χ2v) is 8.24. The molecular weight excluding hydrogens is 368 g/mol. The maximum Gasteiger partial charge on any atom is 0.237 e. The number of hydrogen-bond acceptors (Lipinski definition) is 4. The zero-order valence-electron chi connectivity index (χ0n) is 17.0. The van der Waals surface area contributed by atoms with E-state index in [9.17, 15) is 4.79 Å². The number of amides is 1. The van der Waals surface area contributed by atoms with Gasteiger partial charge in [0.1, 0.15) is 0 Å². The summed E-state index contributed by atoms with van der Waals surface area (Å²) in [6.07, 6.45) is 0. The first-order chi connectivity index (χ1) is 13.4. The summed E-state index contributed by atoms with van der Waals surface area (Å²) in [7, 11) is 0. The van der Waals surface area contributed by atoms with Crippen LogP contribution in [-0.2, 0) is 11.3 Å². The van der Waals surface area contributed by atoms with Gasteiger partial charge in [-0.15, -0.1) is 10.2 Å². The summed E-state index contributed by atoms with van der Waals surface area (Å²) in [5.74, 6) is 0.798. The van der Waals surface area contributed by atoms with E-state index in [4.69, 9.17) is 0 Å². The molecule has 0 fully saturated rings. The van der Waals surface area contributed by atoms with Crippen LogP contribution in [0.25, 0.3) is 11.4 Å². The van der Waals surface area contributed by atoms with Gasteiger partial charge in [0.05, 0.1) is 5.25 Å². The fourth-order valence-electron chi connectivity index (χ4n) is 3.00. The van der Waals surface area contributed by atoms with E-state index < -0.39 is 0 Å². The van der Waals surface area contributed by atoms with Crippen LogP contribution in [0.4, 0.5) is 5.69 Å². The van der Waals surface area contributed by atoms with Crippen molar-refractivity contribution in [2.75, 3.05) is 5.32 Å². The average molecular weight is 395 g/mol. The molecule has 1 N–H and O–H groups in total. The Morgan fingerprint density at radius 2 is 1.86 bits per heavy atom. The minimum absolute atomic E-state index is 0.0400. The van der Waals surface area contributed by atoms with Crippen molar-refractivity contribution in [3.05, 3.63) is 59.2 Å². The first-order valence-electron chi connectivity index (χ1n) is 9.44. The lowest BCUT2D eigenvalue weighted by molar-refractivity contribution is -0.115. The van der Waals surface area contributed by atoms with Crippen molar-refractivity contribution in [2.24, 2.45) is 0 Å². The number of hydrogen-bond donors (Lipinski definition) is 1. The number of aromatic nitrogens is 3. The quantitative estimate of drug-likeness (QED) is 0.597. The van der Waals surface area contributed by atoms with Gasteiger partial charge >= 0.3 is 0 Å². The molecule has 146 valence electrons. The van der Waals surface area contributed by atoms with E-state index in [-0.39, 0.29) is 11.2 Å². The van der Waals surface area contributed by atoms with Crippen LogP contribution in [0.2, 0.25) is 0 Å². The van der Waals surface area contributed by atoms with E-state index in [1.54, 1.807) is 0 Å². The van der Waals surface area contributed by atoms with Crippen molar-refractivity contribution < 1.29 is 4.79 Å². The number of anilines is 1. The number of thioether (sulfide) groups is 1. The Morgan fingerprint density at radius 3 is 2.57 bits per heavy atom. The van der Waals surface area contributed by atoms with Gasteiger partial charge in [-0.1, -0.05) is 48.2 Å². The molecule has 0 saturated carbocycles. The fourth-order valence-corrected chi connectivity index (χ4v) is 3.91. The second kappa shape index (κ2) is 8.61. The molecule has 5 nitrogen and oxygen atoms in total. The predicted molar refractivity (Wildman–Crippen MR) is 116 cm³/mol. The van der Waals surface area contributed by atoms with Crippen molar-refractivity contribution >= 4 is 23.4 Å². The molecule has 2 aromatic carbocycles. The van der Waals surface area contributed by atoms with Crippen LogP contribution in [0.1, 0.15) is 30.5 Å². The van der Waals surface area contributed by atoms with Crippen molar-refractivity contribution in [1.82, 2.24) is 14.8 Å². The highest BCUT2D eigenvalue weighted by atomic mass is 32.2. The van der Waals surface area contributed by atoms with Gasteiger partial charge in [0.15, 0.2) is 11.0 Å². The number of benzene rings is 2. The lowest BCUT2D eigenvalue weighted by atomic mass is 10.1. The summed E-state index contributed by atoms with van der Waals surface area (Å²) in [6.45, 7) is 10.8. The zero-order chi connectivity index (χ0) is 20.3. The fraction of sp³-hybridized carbons (Fsp3) is 0.318. The number of carbonyl (C=O) groups excluding carboxylic acids is 1. The van der Waals surface area contributed by atoms with Crippen LogP contribution < -0.4 is 5.32 Å². The third-order valence-corrected chi connectivity index (χ3v) is 5.80. The predicted octanol–water partition coefficient (Wildman–Crippen LogP) is 5.01. The Hall–Kier alpha value is -2.60. The molecule has 0 spiro atoms. The molecule has 0 bridgehead atoms. The Labute approximate surface area is 170 Å². The van der Waals surface area contributed by atoms with Crippen LogP contribution >= 0.6 is 11.8 Å². The van der Waals surface area contributed by atoms with Crippen LogP contribution in [0.15, 0.2) is 47.6 Å². The summed E-state index contributed by atoms with van der Waals surface area (Å²) in [5.41, 5.74) is 5.25. The highest BCUT2D eigenvalue weighted by Gasteiger charge is 2.21. The normalized spacial score (nSPS) is 12.0. The molecule has 0 aliphatic heterocycles. The highest BCUT2D eigenvalue weighted by molar-refractivity contribution is 8.00. The molecule has 1 heterocycles. The van der Waals surface area contributed by atoms with Gasteiger partial charge in [0.2, 0.25) is 5.91 Å². The first-order valence-corrected chi connectivity index (χ1v) is 10.3. The number of nitrogens with zero attached hydrogens (tertiary/aromatic N) is 3. The van der Waals surface area contributed by atoms with Crippen LogP contribution in [-0.4, -0.2) is 25.9 Å². The van der Waals surface area contributed by atoms with Crippen molar-refractivity contribution in [3.63, 3.8) is 0 Å². The topological polar surface area (TPSA) is 59.8 Å². The first kappa shape index (κ1) is 20.1. The van der Waals surface area contributed by atoms with E-state index in [0.717, 1.165) is 45.5 Å². The van der Waals surface area contributed by atoms with Crippen molar-refractivity contribution in [1.29, 1.82) is 0 Å². The average Bonchev–Trinajstić information content (AvgIpc) is 3.07. The zero-order valence-corrected chi connectivity index (χ0v) is 17.8. The summed E-state index contributed by atoms with van der Waals surface area (Å²) in [4.78, 5) is 12.7. The van der Waals surface area contributed by atoms with E-state index in [1.807, 2.05) is 51.1 Å². The van der Waals surface area contributed by atoms with Gasteiger partial charge in [-0.3, -0.25) is 4.79 Å². The van der Waals surface area contributed by atoms with Crippen molar-refractivity contribution in [3.8, 4) is 11.4 Å². The summed E-state index contributed by atoms with van der Waals surface area (Å²) < 4.78 is 2.06. The van der Waals surface area contributed by atoms with Gasteiger partial charge in [-0.05, 0) is 57.4 Å². The Morgan fingerprint density at radius 1 is 1.11 bits per heavy atom. The Bertz CT molecular complexity index is 996. The number of aryl methyl sites for hydroxylation is 3. The number of nitrogens with one attached hydrogen (secondary N) is 1.